The van der Waals surface area contributed by atoms with Crippen molar-refractivity contribution in [3.63, 3.8) is 0 Å². The fraction of sp³-hybridized carbons (Fsp3) is 1.00. The maximum absolute atomic E-state index is 5.01. The Labute approximate surface area is 56.1 Å². The monoisotopic (exact) mass is 130 g/mol. The van der Waals surface area contributed by atoms with E-state index in [9.17, 15) is 0 Å². The van der Waals surface area contributed by atoms with E-state index in [0.29, 0.717) is 0 Å². The van der Waals surface area contributed by atoms with Crippen molar-refractivity contribution in [3.8, 4) is 0 Å². The Kier molecular flexibility index (Phi) is 2.09. The van der Waals surface area contributed by atoms with Gasteiger partial charge in [0.05, 0.1) is 0 Å². The minimum Gasteiger partial charge on any atom is -0.233 e. The normalized spacial score (nSPS) is 34.0. The lowest BCUT2D eigenvalue weighted by Gasteiger charge is -2.38. The molecule has 2 nitrogen and oxygen atoms in total. The summed E-state index contributed by atoms with van der Waals surface area (Å²) in [6.07, 6.45) is 3.38. The topological polar surface area (TPSA) is 18.5 Å². The van der Waals surface area contributed by atoms with Crippen LogP contribution in [0.2, 0.25) is 0 Å². The van der Waals surface area contributed by atoms with Crippen molar-refractivity contribution in [1.82, 2.24) is 0 Å². The van der Waals surface area contributed by atoms with Crippen molar-refractivity contribution in [2.75, 3.05) is 6.61 Å². The van der Waals surface area contributed by atoms with Crippen molar-refractivity contribution >= 4 is 0 Å². The first-order valence-electron chi connectivity index (χ1n) is 3.63. The van der Waals surface area contributed by atoms with Gasteiger partial charge in [0.25, 0.3) is 0 Å². The van der Waals surface area contributed by atoms with Crippen LogP contribution in [0.3, 0.4) is 0 Å². The lowest BCUT2D eigenvalue weighted by atomic mass is 9.95. The van der Waals surface area contributed by atoms with E-state index >= 15 is 0 Å². The zero-order valence-corrected chi connectivity index (χ0v) is 6.14. The summed E-state index contributed by atoms with van der Waals surface area (Å²) in [5.41, 5.74) is 0.0920. The maximum atomic E-state index is 5.01. The number of hydrogen-bond acceptors (Lipinski definition) is 2. The van der Waals surface area contributed by atoms with Crippen LogP contribution < -0.4 is 0 Å². The van der Waals surface area contributed by atoms with Gasteiger partial charge in [-0.1, -0.05) is 20.3 Å². The van der Waals surface area contributed by atoms with E-state index in [1.54, 1.807) is 0 Å². The van der Waals surface area contributed by atoms with E-state index in [1.165, 1.54) is 6.42 Å². The van der Waals surface area contributed by atoms with E-state index in [-0.39, 0.29) is 5.60 Å². The average Bonchev–Trinajstić information content (AvgIpc) is 1.79. The van der Waals surface area contributed by atoms with E-state index in [1.807, 2.05) is 0 Å². The van der Waals surface area contributed by atoms with Crippen molar-refractivity contribution < 1.29 is 9.78 Å². The highest BCUT2D eigenvalue weighted by Gasteiger charge is 2.38. The predicted octanol–water partition coefficient (Wildman–Crippen LogP) is 1.90. The molecule has 0 aromatic carbocycles. The molecule has 2 heteroatoms. The average molecular weight is 130 g/mol. The third-order valence-electron chi connectivity index (χ3n) is 1.91. The molecule has 9 heavy (non-hydrogen) atoms. The molecule has 1 rings (SSSR count). The highest BCUT2D eigenvalue weighted by Crippen LogP contribution is 2.30. The molecule has 1 aliphatic heterocycles. The minimum absolute atomic E-state index is 0.0920. The van der Waals surface area contributed by atoms with Crippen LogP contribution in [0.25, 0.3) is 0 Å². The van der Waals surface area contributed by atoms with E-state index < -0.39 is 0 Å². The molecular weight excluding hydrogens is 116 g/mol. The Morgan fingerprint density at radius 3 is 2.22 bits per heavy atom. The summed E-state index contributed by atoms with van der Waals surface area (Å²) in [7, 11) is 0. The van der Waals surface area contributed by atoms with Crippen LogP contribution in [0, 0.1) is 0 Å². The van der Waals surface area contributed by atoms with Gasteiger partial charge in [0.2, 0.25) is 0 Å². The van der Waals surface area contributed by atoms with E-state index in [4.69, 9.17) is 4.89 Å². The molecule has 0 bridgehead atoms. The van der Waals surface area contributed by atoms with Crippen LogP contribution in [0.5, 0.6) is 0 Å². The zero-order valence-electron chi connectivity index (χ0n) is 6.14. The summed E-state index contributed by atoms with van der Waals surface area (Å²) < 4.78 is 0. The molecule has 0 saturated carbocycles. The van der Waals surface area contributed by atoms with Gasteiger partial charge in [0, 0.05) is 0 Å². The largest absolute Gasteiger partial charge is 0.233 e. The van der Waals surface area contributed by atoms with Crippen molar-refractivity contribution in [2.24, 2.45) is 0 Å². The standard InChI is InChI=1S/C7H14O2/c1-3-5-7(4-2)6-8-9-7/h3-6H2,1-2H3. The molecular formula is C7H14O2. The first-order valence-corrected chi connectivity index (χ1v) is 3.63. The second kappa shape index (κ2) is 2.67. The molecule has 0 aromatic heterocycles. The summed E-state index contributed by atoms with van der Waals surface area (Å²) in [5.74, 6) is 0. The van der Waals surface area contributed by atoms with Crippen molar-refractivity contribution in [1.29, 1.82) is 0 Å². The Hall–Kier alpha value is -0.0800. The SMILES string of the molecule is CCCC1(CC)COO1. The molecule has 1 saturated heterocycles. The molecule has 0 radical (unpaired) electrons. The highest BCUT2D eigenvalue weighted by molar-refractivity contribution is 4.80. The second-order valence-electron chi connectivity index (χ2n) is 2.63. The van der Waals surface area contributed by atoms with Gasteiger partial charge in [0.1, 0.15) is 12.2 Å². The molecule has 0 N–H and O–H groups in total. The molecule has 1 unspecified atom stereocenters. The fourth-order valence-corrected chi connectivity index (χ4v) is 1.13. The molecule has 1 fully saturated rings. The number of hydrogen-bond donors (Lipinski definition) is 0. The van der Waals surface area contributed by atoms with Gasteiger partial charge in [-0.15, -0.1) is 0 Å². The van der Waals surface area contributed by atoms with Crippen molar-refractivity contribution in [3.05, 3.63) is 0 Å². The third-order valence-corrected chi connectivity index (χ3v) is 1.91. The van der Waals surface area contributed by atoms with Gasteiger partial charge in [0.15, 0.2) is 0 Å². The Morgan fingerprint density at radius 2 is 2.11 bits per heavy atom. The van der Waals surface area contributed by atoms with Crippen LogP contribution in [0.15, 0.2) is 0 Å². The number of rotatable bonds is 3. The zero-order chi connectivity index (χ0) is 6.74. The predicted molar refractivity (Wildman–Crippen MR) is 35.0 cm³/mol. The van der Waals surface area contributed by atoms with Gasteiger partial charge in [-0.05, 0) is 12.8 Å². The lowest BCUT2D eigenvalue weighted by molar-refractivity contribution is -0.473. The summed E-state index contributed by atoms with van der Waals surface area (Å²) in [6, 6.07) is 0. The smallest absolute Gasteiger partial charge is 0.130 e. The maximum Gasteiger partial charge on any atom is 0.130 e. The van der Waals surface area contributed by atoms with Gasteiger partial charge in [-0.3, -0.25) is 0 Å². The second-order valence-corrected chi connectivity index (χ2v) is 2.63. The molecule has 0 aliphatic carbocycles. The molecule has 1 aliphatic rings. The summed E-state index contributed by atoms with van der Waals surface area (Å²) in [4.78, 5) is 9.69. The van der Waals surface area contributed by atoms with E-state index in [0.717, 1.165) is 19.4 Å². The van der Waals surface area contributed by atoms with Gasteiger partial charge in [-0.25, -0.2) is 9.78 Å². The highest BCUT2D eigenvalue weighted by atomic mass is 17.2. The summed E-state index contributed by atoms with van der Waals surface area (Å²) >= 11 is 0. The Morgan fingerprint density at radius 1 is 1.44 bits per heavy atom. The first kappa shape index (κ1) is 7.03. The Bertz CT molecular complexity index is 81.4. The quantitative estimate of drug-likeness (QED) is 0.543. The first-order chi connectivity index (χ1) is 4.33. The van der Waals surface area contributed by atoms with Crippen LogP contribution in [-0.2, 0) is 9.78 Å². The molecule has 1 heterocycles. The van der Waals surface area contributed by atoms with Crippen LogP contribution in [-0.4, -0.2) is 12.2 Å². The third kappa shape index (κ3) is 1.25. The summed E-state index contributed by atoms with van der Waals surface area (Å²) in [6.45, 7) is 5.09. The summed E-state index contributed by atoms with van der Waals surface area (Å²) in [5, 5.41) is 0. The van der Waals surface area contributed by atoms with E-state index in [2.05, 4.69) is 18.7 Å². The van der Waals surface area contributed by atoms with Crippen LogP contribution >= 0.6 is 0 Å². The fourth-order valence-electron chi connectivity index (χ4n) is 1.13. The van der Waals surface area contributed by atoms with Crippen LogP contribution in [0.1, 0.15) is 33.1 Å². The van der Waals surface area contributed by atoms with Gasteiger partial charge >= 0.3 is 0 Å². The minimum atomic E-state index is 0.0920. The Balaban J connectivity index is 2.28. The molecule has 54 valence electrons. The van der Waals surface area contributed by atoms with Gasteiger partial charge in [-0.2, -0.15) is 0 Å². The molecule has 1 atom stereocenters. The van der Waals surface area contributed by atoms with Gasteiger partial charge < -0.3 is 0 Å². The molecule has 0 spiro atoms. The van der Waals surface area contributed by atoms with Crippen molar-refractivity contribution in [2.45, 2.75) is 38.7 Å². The van der Waals surface area contributed by atoms with Crippen LogP contribution in [0.4, 0.5) is 0 Å². The lowest BCUT2D eigenvalue weighted by Crippen LogP contribution is -2.46. The molecule has 0 aromatic rings. The molecule has 0 amide bonds.